The summed E-state index contributed by atoms with van der Waals surface area (Å²) >= 11 is 3.24. The highest BCUT2D eigenvalue weighted by atomic mass is 79.9. The van der Waals surface area contributed by atoms with E-state index < -0.39 is 5.97 Å². The normalized spacial score (nSPS) is 10.4. The molecule has 17 heavy (non-hydrogen) atoms. The number of aromatic carboxylic acids is 1. The molecule has 0 aliphatic rings. The summed E-state index contributed by atoms with van der Waals surface area (Å²) in [4.78, 5) is 22.6. The molecule has 0 saturated heterocycles. The standard InChI is InChI=1S/C12H14BrNO3/c1-7(2)5-11(15)14-10-6-8(13)3-4-9(10)12(16)17/h3-4,6-7H,5H2,1-2H3,(H,14,15)(H,16,17). The van der Waals surface area contributed by atoms with E-state index in [1.807, 2.05) is 13.8 Å². The van der Waals surface area contributed by atoms with Crippen LogP contribution in [0.3, 0.4) is 0 Å². The fraction of sp³-hybridized carbons (Fsp3) is 0.333. The van der Waals surface area contributed by atoms with Crippen LogP contribution in [-0.2, 0) is 4.79 Å². The quantitative estimate of drug-likeness (QED) is 0.897. The number of carboxylic acid groups (broad SMARTS) is 1. The molecule has 1 amide bonds. The van der Waals surface area contributed by atoms with Crippen molar-refractivity contribution in [2.45, 2.75) is 20.3 Å². The van der Waals surface area contributed by atoms with Gasteiger partial charge in [0.2, 0.25) is 5.91 Å². The van der Waals surface area contributed by atoms with E-state index >= 15 is 0 Å². The molecule has 0 heterocycles. The Morgan fingerprint density at radius 3 is 2.59 bits per heavy atom. The van der Waals surface area contributed by atoms with Crippen LogP contribution in [-0.4, -0.2) is 17.0 Å². The van der Waals surface area contributed by atoms with Crippen LogP contribution >= 0.6 is 15.9 Å². The molecule has 0 radical (unpaired) electrons. The van der Waals surface area contributed by atoms with E-state index in [2.05, 4.69) is 21.2 Å². The highest BCUT2D eigenvalue weighted by Crippen LogP contribution is 2.22. The molecule has 2 N–H and O–H groups in total. The van der Waals surface area contributed by atoms with Crippen molar-refractivity contribution >= 4 is 33.5 Å². The first kappa shape index (κ1) is 13.7. The summed E-state index contributed by atoms with van der Waals surface area (Å²) in [7, 11) is 0. The largest absolute Gasteiger partial charge is 0.478 e. The van der Waals surface area contributed by atoms with E-state index in [0.29, 0.717) is 12.1 Å². The predicted octanol–water partition coefficient (Wildman–Crippen LogP) is 3.13. The zero-order chi connectivity index (χ0) is 13.0. The highest BCUT2D eigenvalue weighted by Gasteiger charge is 2.13. The number of hydrogen-bond acceptors (Lipinski definition) is 2. The summed E-state index contributed by atoms with van der Waals surface area (Å²) in [6, 6.07) is 4.67. The average Bonchev–Trinajstić information content (AvgIpc) is 2.15. The average molecular weight is 300 g/mol. The molecule has 0 aliphatic heterocycles. The first-order valence-corrected chi connectivity index (χ1v) is 6.02. The Kier molecular flexibility index (Phi) is 4.69. The van der Waals surface area contributed by atoms with Crippen molar-refractivity contribution in [3.05, 3.63) is 28.2 Å². The minimum Gasteiger partial charge on any atom is -0.478 e. The molecular weight excluding hydrogens is 286 g/mol. The lowest BCUT2D eigenvalue weighted by molar-refractivity contribution is -0.116. The number of hydrogen-bond donors (Lipinski definition) is 2. The molecule has 0 aromatic heterocycles. The van der Waals surface area contributed by atoms with Crippen molar-refractivity contribution in [1.29, 1.82) is 0 Å². The number of carbonyl (C=O) groups excluding carboxylic acids is 1. The van der Waals surface area contributed by atoms with Crippen LogP contribution in [0.5, 0.6) is 0 Å². The number of anilines is 1. The molecule has 1 aromatic carbocycles. The van der Waals surface area contributed by atoms with Crippen molar-refractivity contribution in [3.63, 3.8) is 0 Å². The Morgan fingerprint density at radius 2 is 2.06 bits per heavy atom. The van der Waals surface area contributed by atoms with E-state index in [1.54, 1.807) is 12.1 Å². The first-order chi connectivity index (χ1) is 7.90. The van der Waals surface area contributed by atoms with Gasteiger partial charge in [-0.25, -0.2) is 4.79 Å². The molecule has 1 aromatic rings. The van der Waals surface area contributed by atoms with E-state index in [9.17, 15) is 9.59 Å². The van der Waals surface area contributed by atoms with Gasteiger partial charge in [0.25, 0.3) is 0 Å². The zero-order valence-electron chi connectivity index (χ0n) is 9.66. The third kappa shape index (κ3) is 4.19. The van der Waals surface area contributed by atoms with Crippen molar-refractivity contribution in [2.75, 3.05) is 5.32 Å². The summed E-state index contributed by atoms with van der Waals surface area (Å²) in [5.74, 6) is -1.01. The molecule has 1 rings (SSSR count). The summed E-state index contributed by atoms with van der Waals surface area (Å²) in [5.41, 5.74) is 0.405. The SMILES string of the molecule is CC(C)CC(=O)Nc1cc(Br)ccc1C(=O)O. The van der Waals surface area contributed by atoms with Crippen molar-refractivity contribution in [3.8, 4) is 0 Å². The second-order valence-electron chi connectivity index (χ2n) is 4.14. The number of rotatable bonds is 4. The number of halogens is 1. The van der Waals surface area contributed by atoms with Gasteiger partial charge in [0, 0.05) is 10.9 Å². The van der Waals surface area contributed by atoms with Crippen molar-refractivity contribution in [2.24, 2.45) is 5.92 Å². The summed E-state index contributed by atoms with van der Waals surface area (Å²) in [6.45, 7) is 3.86. The van der Waals surface area contributed by atoms with Gasteiger partial charge in [-0.3, -0.25) is 4.79 Å². The van der Waals surface area contributed by atoms with Crippen LogP contribution in [0.25, 0.3) is 0 Å². The van der Waals surface area contributed by atoms with Crippen LogP contribution in [0.15, 0.2) is 22.7 Å². The van der Waals surface area contributed by atoms with Crippen LogP contribution in [0.2, 0.25) is 0 Å². The van der Waals surface area contributed by atoms with Gasteiger partial charge in [-0.1, -0.05) is 29.8 Å². The number of carbonyl (C=O) groups is 2. The third-order valence-corrected chi connectivity index (χ3v) is 2.57. The summed E-state index contributed by atoms with van der Waals surface area (Å²) in [5, 5.41) is 11.6. The molecule has 4 nitrogen and oxygen atoms in total. The van der Waals surface area contributed by atoms with Crippen LogP contribution < -0.4 is 5.32 Å². The van der Waals surface area contributed by atoms with Gasteiger partial charge in [-0.05, 0) is 24.1 Å². The maximum absolute atomic E-state index is 11.6. The third-order valence-electron chi connectivity index (χ3n) is 2.08. The molecule has 92 valence electrons. The van der Waals surface area contributed by atoms with Gasteiger partial charge < -0.3 is 10.4 Å². The molecule has 0 atom stereocenters. The number of nitrogens with one attached hydrogen (secondary N) is 1. The lowest BCUT2D eigenvalue weighted by Gasteiger charge is -2.10. The second-order valence-corrected chi connectivity index (χ2v) is 5.06. The van der Waals surface area contributed by atoms with Crippen LogP contribution in [0, 0.1) is 5.92 Å². The Morgan fingerprint density at radius 1 is 1.41 bits per heavy atom. The molecule has 5 heteroatoms. The molecule has 0 saturated carbocycles. The van der Waals surface area contributed by atoms with Crippen LogP contribution in [0.1, 0.15) is 30.6 Å². The van der Waals surface area contributed by atoms with E-state index in [4.69, 9.17) is 5.11 Å². The summed E-state index contributed by atoms with van der Waals surface area (Å²) in [6.07, 6.45) is 0.367. The van der Waals surface area contributed by atoms with Gasteiger partial charge in [0.1, 0.15) is 0 Å². The number of carboxylic acids is 1. The fourth-order valence-electron chi connectivity index (χ4n) is 1.38. The molecule has 0 unspecified atom stereocenters. The minimum atomic E-state index is -1.06. The Labute approximate surface area is 108 Å². The second kappa shape index (κ2) is 5.82. The van der Waals surface area contributed by atoms with Crippen LogP contribution in [0.4, 0.5) is 5.69 Å². The molecule has 0 aliphatic carbocycles. The fourth-order valence-corrected chi connectivity index (χ4v) is 1.74. The number of amides is 1. The Balaban J connectivity index is 2.92. The Bertz CT molecular complexity index is 443. The lowest BCUT2D eigenvalue weighted by atomic mass is 10.1. The molecular formula is C12H14BrNO3. The predicted molar refractivity (Wildman–Crippen MR) is 69.2 cm³/mol. The smallest absolute Gasteiger partial charge is 0.337 e. The zero-order valence-corrected chi connectivity index (χ0v) is 11.2. The van der Waals surface area contributed by atoms with Crippen molar-refractivity contribution < 1.29 is 14.7 Å². The maximum atomic E-state index is 11.6. The number of benzene rings is 1. The first-order valence-electron chi connectivity index (χ1n) is 5.23. The van der Waals surface area contributed by atoms with Gasteiger partial charge in [0.15, 0.2) is 0 Å². The van der Waals surface area contributed by atoms with E-state index in [1.165, 1.54) is 6.07 Å². The van der Waals surface area contributed by atoms with Gasteiger partial charge in [0.05, 0.1) is 11.3 Å². The molecule has 0 fully saturated rings. The lowest BCUT2D eigenvalue weighted by Crippen LogP contribution is -2.16. The van der Waals surface area contributed by atoms with Crippen molar-refractivity contribution in [1.82, 2.24) is 0 Å². The van der Waals surface area contributed by atoms with Gasteiger partial charge in [-0.15, -0.1) is 0 Å². The van der Waals surface area contributed by atoms with E-state index in [0.717, 1.165) is 4.47 Å². The Hall–Kier alpha value is -1.36. The molecule has 0 spiro atoms. The highest BCUT2D eigenvalue weighted by molar-refractivity contribution is 9.10. The molecule has 0 bridgehead atoms. The maximum Gasteiger partial charge on any atom is 0.337 e. The topological polar surface area (TPSA) is 66.4 Å². The summed E-state index contributed by atoms with van der Waals surface area (Å²) < 4.78 is 0.724. The van der Waals surface area contributed by atoms with Gasteiger partial charge in [-0.2, -0.15) is 0 Å². The minimum absolute atomic E-state index is 0.0882. The van der Waals surface area contributed by atoms with E-state index in [-0.39, 0.29) is 17.4 Å². The monoisotopic (exact) mass is 299 g/mol. The van der Waals surface area contributed by atoms with Gasteiger partial charge >= 0.3 is 5.97 Å².